The van der Waals surface area contributed by atoms with Crippen LogP contribution in [0.25, 0.3) is 5.65 Å². The van der Waals surface area contributed by atoms with Crippen molar-refractivity contribution in [3.8, 4) is 5.75 Å². The lowest BCUT2D eigenvalue weighted by Crippen LogP contribution is -2.47. The summed E-state index contributed by atoms with van der Waals surface area (Å²) in [7, 11) is 1.70. The SMILES string of the molecule is COc1cccc(N2CCN(c3ccc4nnc(CCC(=O)N5CC(C)CC(C)C5)n4n3)CC2)c1. The summed E-state index contributed by atoms with van der Waals surface area (Å²) in [6.45, 7) is 9.72. The number of amides is 1. The third kappa shape index (κ3) is 5.18. The molecule has 5 rings (SSSR count). The Balaban J connectivity index is 1.23. The fourth-order valence-electron chi connectivity index (χ4n) is 5.39. The Morgan fingerprint density at radius 1 is 1.00 bits per heavy atom. The molecule has 2 atom stereocenters. The molecule has 0 aliphatic carbocycles. The van der Waals surface area contributed by atoms with Crippen molar-refractivity contribution in [3.05, 3.63) is 42.2 Å². The van der Waals surface area contributed by atoms with Gasteiger partial charge in [-0.3, -0.25) is 4.79 Å². The number of methoxy groups -OCH3 is 1. The van der Waals surface area contributed by atoms with Crippen molar-refractivity contribution in [2.24, 2.45) is 11.8 Å². The molecular formula is C26H35N7O2. The molecule has 2 fully saturated rings. The van der Waals surface area contributed by atoms with Gasteiger partial charge in [-0.2, -0.15) is 4.52 Å². The summed E-state index contributed by atoms with van der Waals surface area (Å²) in [6, 6.07) is 12.2. The van der Waals surface area contributed by atoms with Gasteiger partial charge in [-0.05, 0) is 42.5 Å². The molecule has 9 heteroatoms. The number of nitrogens with zero attached hydrogens (tertiary/aromatic N) is 7. The number of fused-ring (bicyclic) bond motifs is 1. The van der Waals surface area contributed by atoms with Crippen LogP contribution in [0.3, 0.4) is 0 Å². The summed E-state index contributed by atoms with van der Waals surface area (Å²) < 4.78 is 7.18. The highest BCUT2D eigenvalue weighted by atomic mass is 16.5. The van der Waals surface area contributed by atoms with Crippen molar-refractivity contribution in [2.75, 3.05) is 56.2 Å². The van der Waals surface area contributed by atoms with Crippen LogP contribution >= 0.6 is 0 Å². The average molecular weight is 478 g/mol. The number of aryl methyl sites for hydroxylation is 1. The molecule has 2 aliphatic heterocycles. The minimum absolute atomic E-state index is 0.199. The maximum Gasteiger partial charge on any atom is 0.223 e. The molecule has 0 spiro atoms. The van der Waals surface area contributed by atoms with Gasteiger partial charge >= 0.3 is 0 Å². The average Bonchev–Trinajstić information content (AvgIpc) is 3.29. The van der Waals surface area contributed by atoms with Crippen molar-refractivity contribution < 1.29 is 9.53 Å². The van der Waals surface area contributed by atoms with E-state index in [-0.39, 0.29) is 5.91 Å². The van der Waals surface area contributed by atoms with Crippen LogP contribution in [0.1, 0.15) is 32.5 Å². The number of rotatable bonds is 6. The van der Waals surface area contributed by atoms with Crippen molar-refractivity contribution in [3.63, 3.8) is 0 Å². The lowest BCUT2D eigenvalue weighted by Gasteiger charge is -2.36. The largest absolute Gasteiger partial charge is 0.497 e. The van der Waals surface area contributed by atoms with Gasteiger partial charge in [-0.25, -0.2) is 0 Å². The number of benzene rings is 1. The van der Waals surface area contributed by atoms with Crippen LogP contribution in [0.5, 0.6) is 5.75 Å². The Labute approximate surface area is 206 Å². The summed E-state index contributed by atoms with van der Waals surface area (Å²) in [5.74, 6) is 3.84. The molecule has 3 aromatic rings. The summed E-state index contributed by atoms with van der Waals surface area (Å²) in [6.07, 6.45) is 2.17. The second kappa shape index (κ2) is 10.1. The Kier molecular flexibility index (Phi) is 6.74. The zero-order valence-corrected chi connectivity index (χ0v) is 20.9. The molecule has 2 aliphatic rings. The van der Waals surface area contributed by atoms with Crippen molar-refractivity contribution in [2.45, 2.75) is 33.1 Å². The smallest absolute Gasteiger partial charge is 0.223 e. The number of hydrogen-bond donors (Lipinski definition) is 0. The van der Waals surface area contributed by atoms with Crippen molar-refractivity contribution >= 4 is 23.1 Å². The van der Waals surface area contributed by atoms with E-state index in [9.17, 15) is 4.79 Å². The van der Waals surface area contributed by atoms with Crippen LogP contribution in [0, 0.1) is 11.8 Å². The number of ether oxygens (including phenoxy) is 1. The molecule has 9 nitrogen and oxygen atoms in total. The first-order valence-corrected chi connectivity index (χ1v) is 12.6. The number of likely N-dealkylation sites (tertiary alicyclic amines) is 1. The molecule has 2 saturated heterocycles. The van der Waals surface area contributed by atoms with Gasteiger partial charge in [-0.1, -0.05) is 19.9 Å². The molecule has 186 valence electrons. The molecule has 2 aromatic heterocycles. The molecule has 1 amide bonds. The Morgan fingerprint density at radius 3 is 2.49 bits per heavy atom. The summed E-state index contributed by atoms with van der Waals surface area (Å²) >= 11 is 0. The Morgan fingerprint density at radius 2 is 1.74 bits per heavy atom. The van der Waals surface area contributed by atoms with Crippen LogP contribution in [0.15, 0.2) is 36.4 Å². The molecule has 0 radical (unpaired) electrons. The van der Waals surface area contributed by atoms with Crippen LogP contribution in [-0.4, -0.2) is 77.0 Å². The van der Waals surface area contributed by atoms with E-state index in [4.69, 9.17) is 9.84 Å². The molecule has 35 heavy (non-hydrogen) atoms. The Bertz CT molecular complexity index is 1160. The maximum absolute atomic E-state index is 12.9. The second-order valence-corrected chi connectivity index (χ2v) is 10.00. The molecule has 4 heterocycles. The first-order valence-electron chi connectivity index (χ1n) is 12.6. The van der Waals surface area contributed by atoms with E-state index in [1.54, 1.807) is 11.6 Å². The molecule has 1 aromatic carbocycles. The van der Waals surface area contributed by atoms with Gasteiger partial charge in [-0.15, -0.1) is 15.3 Å². The van der Waals surface area contributed by atoms with Crippen LogP contribution in [0.2, 0.25) is 0 Å². The van der Waals surface area contributed by atoms with E-state index in [1.807, 2.05) is 29.2 Å². The highest BCUT2D eigenvalue weighted by Crippen LogP contribution is 2.24. The number of carbonyl (C=O) groups is 1. The van der Waals surface area contributed by atoms with Crippen LogP contribution < -0.4 is 14.5 Å². The van der Waals surface area contributed by atoms with E-state index in [2.05, 4.69) is 46.0 Å². The van der Waals surface area contributed by atoms with E-state index in [0.717, 1.165) is 56.7 Å². The van der Waals surface area contributed by atoms with Gasteiger partial charge in [0, 0.05) is 63.9 Å². The zero-order valence-electron chi connectivity index (χ0n) is 20.9. The number of carbonyl (C=O) groups excluding carboxylic acids is 1. The van der Waals surface area contributed by atoms with Crippen LogP contribution in [0.4, 0.5) is 11.5 Å². The first-order chi connectivity index (χ1) is 17.0. The normalized spacial score (nSPS) is 20.9. The van der Waals surface area contributed by atoms with E-state index >= 15 is 0 Å². The van der Waals surface area contributed by atoms with Gasteiger partial charge in [0.1, 0.15) is 11.6 Å². The standard InChI is InChI=1S/C26H35N7O2/c1-19-15-20(2)18-32(17-19)26(34)10-9-24-28-27-23-7-8-25(29-33(23)24)31-13-11-30(12-14-31)21-5-4-6-22(16-21)35-3/h4-8,16,19-20H,9-15,17-18H2,1-3H3. The number of hydrogen-bond acceptors (Lipinski definition) is 7. The topological polar surface area (TPSA) is 79.1 Å². The molecule has 0 N–H and O–H groups in total. The maximum atomic E-state index is 12.9. The summed E-state index contributed by atoms with van der Waals surface area (Å²) in [5.41, 5.74) is 1.89. The fourth-order valence-corrected chi connectivity index (χ4v) is 5.39. The third-order valence-corrected chi connectivity index (χ3v) is 7.12. The van der Waals surface area contributed by atoms with Gasteiger partial charge in [0.25, 0.3) is 0 Å². The summed E-state index contributed by atoms with van der Waals surface area (Å²) in [4.78, 5) is 19.5. The minimum atomic E-state index is 0.199. The highest BCUT2D eigenvalue weighted by Gasteiger charge is 2.26. The van der Waals surface area contributed by atoms with Crippen molar-refractivity contribution in [1.82, 2.24) is 24.7 Å². The number of piperazine rings is 1. The summed E-state index contributed by atoms with van der Waals surface area (Å²) in [5, 5.41) is 13.5. The number of aromatic nitrogens is 4. The lowest BCUT2D eigenvalue weighted by atomic mass is 9.91. The number of anilines is 2. The van der Waals surface area contributed by atoms with Gasteiger partial charge in [0.15, 0.2) is 11.5 Å². The fraction of sp³-hybridized carbons (Fsp3) is 0.538. The molecule has 2 unspecified atom stereocenters. The molecular weight excluding hydrogens is 442 g/mol. The van der Waals surface area contributed by atoms with E-state index < -0.39 is 0 Å². The van der Waals surface area contributed by atoms with Gasteiger partial charge in [0.05, 0.1) is 7.11 Å². The molecule has 0 bridgehead atoms. The van der Waals surface area contributed by atoms with E-state index in [1.165, 1.54) is 12.1 Å². The molecule has 0 saturated carbocycles. The quantitative estimate of drug-likeness (QED) is 0.540. The zero-order chi connectivity index (χ0) is 24.4. The predicted molar refractivity (Wildman–Crippen MR) is 136 cm³/mol. The predicted octanol–water partition coefficient (Wildman–Crippen LogP) is 2.90. The highest BCUT2D eigenvalue weighted by molar-refractivity contribution is 5.76. The first kappa shape index (κ1) is 23.4. The monoisotopic (exact) mass is 477 g/mol. The van der Waals surface area contributed by atoms with Gasteiger partial charge in [0.2, 0.25) is 5.91 Å². The van der Waals surface area contributed by atoms with Crippen LogP contribution in [-0.2, 0) is 11.2 Å². The Hall–Kier alpha value is -3.36. The number of piperidine rings is 1. The van der Waals surface area contributed by atoms with E-state index in [0.29, 0.717) is 30.3 Å². The second-order valence-electron chi connectivity index (χ2n) is 10.00. The van der Waals surface area contributed by atoms with Crippen molar-refractivity contribution in [1.29, 1.82) is 0 Å². The third-order valence-electron chi connectivity index (χ3n) is 7.12. The van der Waals surface area contributed by atoms with Gasteiger partial charge < -0.3 is 19.4 Å². The minimum Gasteiger partial charge on any atom is -0.497 e. The lowest BCUT2D eigenvalue weighted by molar-refractivity contribution is -0.133.